The van der Waals surface area contributed by atoms with Crippen molar-refractivity contribution in [1.29, 1.82) is 0 Å². The van der Waals surface area contributed by atoms with Crippen LogP contribution in [0.3, 0.4) is 0 Å². The van der Waals surface area contributed by atoms with Gasteiger partial charge in [0.15, 0.2) is 0 Å². The number of rotatable bonds is 13. The highest BCUT2D eigenvalue weighted by Gasteiger charge is 2.35. The summed E-state index contributed by atoms with van der Waals surface area (Å²) in [6.07, 6.45) is 5.38. The van der Waals surface area contributed by atoms with Gasteiger partial charge in [0.25, 0.3) is 10.0 Å². The summed E-state index contributed by atoms with van der Waals surface area (Å²) in [6.45, 7) is 5.84. The molecule has 48 heavy (non-hydrogen) atoms. The molecular weight excluding hydrogens is 619 g/mol. The van der Waals surface area contributed by atoms with Gasteiger partial charge in [0.1, 0.15) is 12.6 Å². The van der Waals surface area contributed by atoms with Gasteiger partial charge in [0, 0.05) is 19.0 Å². The second-order valence-electron chi connectivity index (χ2n) is 13.1. The number of hydrogen-bond acceptors (Lipinski definition) is 4. The van der Waals surface area contributed by atoms with Gasteiger partial charge >= 0.3 is 0 Å². The number of carbonyl (C=O) groups excluding carboxylic acids is 2. The van der Waals surface area contributed by atoms with Crippen molar-refractivity contribution in [1.82, 2.24) is 10.2 Å². The lowest BCUT2D eigenvalue weighted by Gasteiger charge is -2.35. The number of anilines is 1. The van der Waals surface area contributed by atoms with Gasteiger partial charge in [-0.25, -0.2) is 8.42 Å². The van der Waals surface area contributed by atoms with Gasteiger partial charge in [-0.2, -0.15) is 0 Å². The molecule has 7 nitrogen and oxygen atoms in total. The molecular formula is C40H47N3O4S. The van der Waals surface area contributed by atoms with Crippen molar-refractivity contribution in [3.8, 4) is 0 Å². The number of aryl methyl sites for hydroxylation is 1. The molecule has 1 N–H and O–H groups in total. The standard InChI is InChI=1S/C40H47N3O4S/c1-30(2)34-23-25-36(26-24-34)43(48(46,47)37-17-11-6-12-18-37)29-39(44)42(28-33-21-19-31(3)20-22-33)38(27-32-13-7-4-8-14-32)40(45)41-35-15-9-5-10-16-35/h4,6-8,11-14,17-26,30,35,38H,5,9-10,15-16,27-29H2,1-3H3,(H,41,45)/t38-/m0/s1. The molecule has 0 heterocycles. The molecule has 8 heteroatoms. The minimum atomic E-state index is -4.14. The van der Waals surface area contributed by atoms with E-state index in [-0.39, 0.29) is 29.3 Å². The van der Waals surface area contributed by atoms with E-state index in [4.69, 9.17) is 0 Å². The fraction of sp³-hybridized carbons (Fsp3) is 0.350. The summed E-state index contributed by atoms with van der Waals surface area (Å²) in [5.41, 5.74) is 4.30. The zero-order chi connectivity index (χ0) is 34.1. The maximum atomic E-state index is 14.7. The highest BCUT2D eigenvalue weighted by molar-refractivity contribution is 7.92. The predicted molar refractivity (Wildman–Crippen MR) is 192 cm³/mol. The molecule has 1 aliphatic rings. The Hall–Kier alpha value is -4.43. The molecule has 2 amide bonds. The Bertz CT molecular complexity index is 1740. The molecule has 1 atom stereocenters. The summed E-state index contributed by atoms with van der Waals surface area (Å²) in [7, 11) is -4.14. The van der Waals surface area contributed by atoms with Crippen molar-refractivity contribution in [3.05, 3.63) is 131 Å². The van der Waals surface area contributed by atoms with Crippen LogP contribution >= 0.6 is 0 Å². The maximum absolute atomic E-state index is 14.7. The highest BCUT2D eigenvalue weighted by atomic mass is 32.2. The second kappa shape index (κ2) is 16.1. The van der Waals surface area contributed by atoms with Gasteiger partial charge in [-0.1, -0.05) is 124 Å². The monoisotopic (exact) mass is 665 g/mol. The molecule has 0 bridgehead atoms. The number of amides is 2. The van der Waals surface area contributed by atoms with Gasteiger partial charge in [-0.3, -0.25) is 13.9 Å². The van der Waals surface area contributed by atoms with E-state index in [9.17, 15) is 18.0 Å². The molecule has 1 saturated carbocycles. The number of hydrogen-bond donors (Lipinski definition) is 1. The molecule has 1 aliphatic carbocycles. The van der Waals surface area contributed by atoms with E-state index in [0.29, 0.717) is 12.1 Å². The Morgan fingerprint density at radius 3 is 1.98 bits per heavy atom. The lowest BCUT2D eigenvalue weighted by Crippen LogP contribution is -2.55. The second-order valence-corrected chi connectivity index (χ2v) is 15.0. The molecule has 252 valence electrons. The fourth-order valence-corrected chi connectivity index (χ4v) is 7.70. The maximum Gasteiger partial charge on any atom is 0.264 e. The van der Waals surface area contributed by atoms with Crippen LogP contribution in [0.15, 0.2) is 114 Å². The van der Waals surface area contributed by atoms with Gasteiger partial charge < -0.3 is 10.2 Å². The number of sulfonamides is 1. The van der Waals surface area contributed by atoms with E-state index in [2.05, 4.69) is 19.2 Å². The topological polar surface area (TPSA) is 86.8 Å². The molecule has 1 fully saturated rings. The molecule has 0 aromatic heterocycles. The van der Waals surface area contributed by atoms with Crippen molar-refractivity contribution < 1.29 is 18.0 Å². The fourth-order valence-electron chi connectivity index (χ4n) is 6.26. The third kappa shape index (κ3) is 8.92. The van der Waals surface area contributed by atoms with E-state index in [1.165, 1.54) is 16.4 Å². The van der Waals surface area contributed by atoms with Gasteiger partial charge in [-0.05, 0) is 66.6 Å². The normalized spacial score (nSPS) is 14.3. The summed E-state index contributed by atoms with van der Waals surface area (Å²) in [4.78, 5) is 30.6. The van der Waals surface area contributed by atoms with E-state index >= 15 is 0 Å². The third-order valence-corrected chi connectivity index (χ3v) is 10.9. The lowest BCUT2D eigenvalue weighted by molar-refractivity contribution is -0.140. The lowest BCUT2D eigenvalue weighted by atomic mass is 9.94. The number of nitrogens with zero attached hydrogens (tertiary/aromatic N) is 2. The summed E-state index contributed by atoms with van der Waals surface area (Å²) >= 11 is 0. The summed E-state index contributed by atoms with van der Waals surface area (Å²) in [5, 5.41) is 3.26. The first-order valence-electron chi connectivity index (χ1n) is 17.0. The first-order chi connectivity index (χ1) is 23.1. The molecule has 4 aromatic carbocycles. The number of nitrogens with one attached hydrogen (secondary N) is 1. The average molecular weight is 666 g/mol. The average Bonchev–Trinajstić information content (AvgIpc) is 3.10. The van der Waals surface area contributed by atoms with Crippen LogP contribution in [0.5, 0.6) is 0 Å². The van der Waals surface area contributed by atoms with Crippen LogP contribution in [-0.2, 0) is 32.6 Å². The predicted octanol–water partition coefficient (Wildman–Crippen LogP) is 7.40. The molecule has 5 rings (SSSR count). The van der Waals surface area contributed by atoms with Crippen LogP contribution < -0.4 is 9.62 Å². The Morgan fingerprint density at radius 1 is 0.771 bits per heavy atom. The zero-order valence-electron chi connectivity index (χ0n) is 28.2. The van der Waals surface area contributed by atoms with Crippen molar-refractivity contribution in [2.75, 3.05) is 10.8 Å². The largest absolute Gasteiger partial charge is 0.352 e. The quantitative estimate of drug-likeness (QED) is 0.161. The van der Waals surface area contributed by atoms with Crippen molar-refractivity contribution >= 4 is 27.5 Å². The highest BCUT2D eigenvalue weighted by Crippen LogP contribution is 2.27. The summed E-state index contributed by atoms with van der Waals surface area (Å²) in [6, 6.07) is 32.2. The van der Waals surface area contributed by atoms with Gasteiger partial charge in [0.05, 0.1) is 10.6 Å². The van der Waals surface area contributed by atoms with Crippen LogP contribution in [0, 0.1) is 6.92 Å². The molecule has 0 saturated heterocycles. The van der Waals surface area contributed by atoms with Crippen LogP contribution in [0.25, 0.3) is 0 Å². The first-order valence-corrected chi connectivity index (χ1v) is 18.4. The first kappa shape index (κ1) is 34.9. The van der Waals surface area contributed by atoms with Crippen LogP contribution in [-0.4, -0.2) is 43.8 Å². The van der Waals surface area contributed by atoms with E-state index in [1.807, 2.05) is 73.7 Å². The molecule has 4 aromatic rings. The van der Waals surface area contributed by atoms with Gasteiger partial charge in [0.2, 0.25) is 11.8 Å². The van der Waals surface area contributed by atoms with E-state index in [0.717, 1.165) is 54.4 Å². The summed E-state index contributed by atoms with van der Waals surface area (Å²) in [5.74, 6) is -0.418. The number of carbonyl (C=O) groups is 2. The molecule has 0 unspecified atom stereocenters. The zero-order valence-corrected chi connectivity index (χ0v) is 29.0. The van der Waals surface area contributed by atoms with Crippen molar-refractivity contribution in [2.24, 2.45) is 0 Å². The Kier molecular flexibility index (Phi) is 11.7. The van der Waals surface area contributed by atoms with Crippen LogP contribution in [0.2, 0.25) is 0 Å². The molecule has 0 spiro atoms. The minimum absolute atomic E-state index is 0.0512. The molecule has 0 aliphatic heterocycles. The van der Waals surface area contributed by atoms with Crippen LogP contribution in [0.1, 0.15) is 74.1 Å². The van der Waals surface area contributed by atoms with E-state index < -0.39 is 28.5 Å². The molecule has 0 radical (unpaired) electrons. The van der Waals surface area contributed by atoms with Crippen molar-refractivity contribution in [2.45, 2.75) is 88.7 Å². The number of benzene rings is 4. The minimum Gasteiger partial charge on any atom is -0.352 e. The van der Waals surface area contributed by atoms with Crippen LogP contribution in [0.4, 0.5) is 5.69 Å². The van der Waals surface area contributed by atoms with Gasteiger partial charge in [-0.15, -0.1) is 0 Å². The third-order valence-electron chi connectivity index (χ3n) is 9.15. The Labute approximate surface area is 286 Å². The Balaban J connectivity index is 1.56. The van der Waals surface area contributed by atoms with Crippen molar-refractivity contribution in [3.63, 3.8) is 0 Å². The Morgan fingerprint density at radius 2 is 1.38 bits per heavy atom. The SMILES string of the molecule is Cc1ccc(CN(C(=O)CN(c2ccc(C(C)C)cc2)S(=O)(=O)c2ccccc2)[C@@H](Cc2ccccc2)C(=O)NC2CCCCC2)cc1. The smallest absolute Gasteiger partial charge is 0.264 e. The van der Waals surface area contributed by atoms with E-state index in [1.54, 1.807) is 35.2 Å². The summed E-state index contributed by atoms with van der Waals surface area (Å²) < 4.78 is 29.7.